The van der Waals surface area contributed by atoms with E-state index in [1.54, 1.807) is 0 Å². The topological polar surface area (TPSA) is 12.4 Å². The molecule has 1 heterocycles. The fraction of sp³-hybridized carbons (Fsp3) is 0.857. The van der Waals surface area contributed by atoms with Crippen LogP contribution in [0.15, 0.2) is 4.99 Å². The predicted octanol–water partition coefficient (Wildman–Crippen LogP) is 1.51. The summed E-state index contributed by atoms with van der Waals surface area (Å²) in [5.41, 5.74) is 0. The van der Waals surface area contributed by atoms with E-state index in [0.29, 0.717) is 6.04 Å². The lowest BCUT2D eigenvalue weighted by Crippen LogP contribution is -2.00. The van der Waals surface area contributed by atoms with Crippen LogP contribution in [-0.2, 0) is 0 Å². The van der Waals surface area contributed by atoms with Crippen LogP contribution in [0.5, 0.6) is 0 Å². The zero-order valence-corrected chi connectivity index (χ0v) is 4.93. The van der Waals surface area contributed by atoms with Crippen molar-refractivity contribution in [3.05, 3.63) is 0 Å². The number of hydrogen-bond acceptors (Lipinski definition) is 1. The van der Waals surface area contributed by atoms with Crippen LogP contribution in [-0.4, -0.2) is 12.3 Å². The van der Waals surface area contributed by atoms with Crippen molar-refractivity contribution in [3.63, 3.8) is 0 Å². The largest absolute Gasteiger partial charge is 0.284 e. The summed E-state index contributed by atoms with van der Waals surface area (Å²) in [5.74, 6) is 0.963. The Morgan fingerprint density at radius 2 is 2.12 bits per heavy atom. The van der Waals surface area contributed by atoms with Gasteiger partial charge in [0.05, 0.1) is 12.3 Å². The summed E-state index contributed by atoms with van der Waals surface area (Å²) in [6, 6.07) is 0.690. The molecule has 0 N–H and O–H groups in total. The minimum absolute atomic E-state index is 0.690. The van der Waals surface area contributed by atoms with E-state index in [1.165, 1.54) is 19.3 Å². The molecule has 0 amide bonds. The molecule has 2 rings (SSSR count). The van der Waals surface area contributed by atoms with E-state index in [4.69, 9.17) is 0 Å². The summed E-state index contributed by atoms with van der Waals surface area (Å²) in [5, 5.41) is 0. The van der Waals surface area contributed by atoms with Crippen LogP contribution >= 0.6 is 0 Å². The molecular formula is C7H10N. The van der Waals surface area contributed by atoms with Crippen molar-refractivity contribution in [2.75, 3.05) is 0 Å². The van der Waals surface area contributed by atoms with Crippen LogP contribution < -0.4 is 0 Å². The second-order valence-corrected chi connectivity index (χ2v) is 2.73. The van der Waals surface area contributed by atoms with Gasteiger partial charge >= 0.3 is 0 Å². The Morgan fingerprint density at radius 1 is 1.25 bits per heavy atom. The molecule has 0 saturated heterocycles. The van der Waals surface area contributed by atoms with Gasteiger partial charge in [-0.1, -0.05) is 0 Å². The van der Waals surface area contributed by atoms with E-state index in [-0.39, 0.29) is 0 Å². The Labute approximate surface area is 49.8 Å². The Kier molecular flexibility index (Phi) is 0.893. The summed E-state index contributed by atoms with van der Waals surface area (Å²) >= 11 is 0. The molecule has 43 valence electrons. The predicted molar refractivity (Wildman–Crippen MR) is 33.2 cm³/mol. The summed E-state index contributed by atoms with van der Waals surface area (Å²) in [6.45, 7) is 0. The first-order valence-electron chi connectivity index (χ1n) is 3.39. The monoisotopic (exact) mass is 108 g/mol. The maximum atomic E-state index is 4.25. The Morgan fingerprint density at radius 3 is 2.62 bits per heavy atom. The molecule has 0 bridgehead atoms. The Balaban J connectivity index is 1.95. The van der Waals surface area contributed by atoms with E-state index in [2.05, 4.69) is 11.2 Å². The lowest BCUT2D eigenvalue weighted by Gasteiger charge is -1.99. The van der Waals surface area contributed by atoms with Crippen LogP contribution in [0.25, 0.3) is 0 Å². The molecule has 0 spiro atoms. The van der Waals surface area contributed by atoms with Crippen molar-refractivity contribution in [1.29, 1.82) is 0 Å². The first-order chi connectivity index (χ1) is 3.97. The van der Waals surface area contributed by atoms with E-state index in [1.807, 2.05) is 0 Å². The van der Waals surface area contributed by atoms with Crippen LogP contribution in [0.4, 0.5) is 0 Å². The van der Waals surface area contributed by atoms with Crippen molar-refractivity contribution in [2.45, 2.75) is 31.7 Å². The number of aliphatic imine (C=N–C) groups is 1. The molecule has 1 nitrogen and oxygen atoms in total. The van der Waals surface area contributed by atoms with Crippen LogP contribution in [0.1, 0.15) is 25.7 Å². The third kappa shape index (κ3) is 0.662. The van der Waals surface area contributed by atoms with E-state index in [9.17, 15) is 0 Å². The quantitative estimate of drug-likeness (QED) is 0.482. The second kappa shape index (κ2) is 1.57. The second-order valence-electron chi connectivity index (χ2n) is 2.73. The molecule has 2 aliphatic rings. The van der Waals surface area contributed by atoms with Gasteiger partial charge in [0.15, 0.2) is 0 Å². The van der Waals surface area contributed by atoms with Gasteiger partial charge < -0.3 is 0 Å². The van der Waals surface area contributed by atoms with Gasteiger partial charge in [0.2, 0.25) is 0 Å². The molecule has 0 aromatic rings. The molecule has 1 radical (unpaired) electrons. The average molecular weight is 108 g/mol. The van der Waals surface area contributed by atoms with Crippen molar-refractivity contribution in [2.24, 2.45) is 10.9 Å². The summed E-state index contributed by atoms with van der Waals surface area (Å²) < 4.78 is 0. The molecule has 1 unspecified atom stereocenters. The highest BCUT2D eigenvalue weighted by molar-refractivity contribution is 5.59. The smallest absolute Gasteiger partial charge is 0.0562 e. The highest BCUT2D eigenvalue weighted by Gasteiger charge is 2.31. The molecular weight excluding hydrogens is 98.1 g/mol. The molecule has 8 heavy (non-hydrogen) atoms. The van der Waals surface area contributed by atoms with Gasteiger partial charge in [0, 0.05) is 0 Å². The van der Waals surface area contributed by atoms with Gasteiger partial charge in [0.1, 0.15) is 0 Å². The zero-order valence-electron chi connectivity index (χ0n) is 4.93. The maximum Gasteiger partial charge on any atom is 0.0562 e. The SMILES string of the molecule is [C]1=NC(C2CC2)CC1. The van der Waals surface area contributed by atoms with E-state index in [0.717, 1.165) is 12.3 Å². The minimum Gasteiger partial charge on any atom is -0.284 e. The van der Waals surface area contributed by atoms with Crippen LogP contribution in [0.2, 0.25) is 0 Å². The molecule has 0 aromatic heterocycles. The van der Waals surface area contributed by atoms with E-state index >= 15 is 0 Å². The molecule has 1 aliphatic heterocycles. The first-order valence-corrected chi connectivity index (χ1v) is 3.39. The van der Waals surface area contributed by atoms with Crippen LogP contribution in [0, 0.1) is 5.92 Å². The average Bonchev–Trinajstić information content (AvgIpc) is 2.49. The van der Waals surface area contributed by atoms with Crippen molar-refractivity contribution in [1.82, 2.24) is 0 Å². The normalized spacial score (nSPS) is 36.2. The summed E-state index contributed by atoms with van der Waals surface area (Å²) in [7, 11) is 0. The number of rotatable bonds is 1. The molecule has 1 saturated carbocycles. The van der Waals surface area contributed by atoms with Crippen molar-refractivity contribution >= 4 is 6.21 Å². The molecule has 1 fully saturated rings. The fourth-order valence-corrected chi connectivity index (χ4v) is 1.28. The Hall–Kier alpha value is -0.330. The van der Waals surface area contributed by atoms with Gasteiger partial charge in [-0.2, -0.15) is 0 Å². The van der Waals surface area contributed by atoms with Gasteiger partial charge in [-0.25, -0.2) is 0 Å². The fourth-order valence-electron chi connectivity index (χ4n) is 1.28. The first kappa shape index (κ1) is 4.54. The molecule has 1 heteroatoms. The number of hydrogen-bond donors (Lipinski definition) is 0. The third-order valence-corrected chi connectivity index (χ3v) is 1.98. The lowest BCUT2D eigenvalue weighted by atomic mass is 10.1. The van der Waals surface area contributed by atoms with Gasteiger partial charge in [0.25, 0.3) is 0 Å². The van der Waals surface area contributed by atoms with Crippen molar-refractivity contribution < 1.29 is 0 Å². The van der Waals surface area contributed by atoms with Crippen LogP contribution in [0.3, 0.4) is 0 Å². The lowest BCUT2D eigenvalue weighted by molar-refractivity contribution is 0.595. The molecule has 0 aromatic carbocycles. The Bertz CT molecular complexity index is 114. The minimum atomic E-state index is 0.690. The van der Waals surface area contributed by atoms with E-state index < -0.39 is 0 Å². The zero-order chi connectivity index (χ0) is 5.40. The highest BCUT2D eigenvalue weighted by atomic mass is 14.8. The van der Waals surface area contributed by atoms with Gasteiger partial charge in [-0.05, 0) is 31.6 Å². The maximum absolute atomic E-state index is 4.25. The molecule has 1 aliphatic carbocycles. The standard InChI is InChI=1S/C7H10N/c1-2-7(8-5-1)6-3-4-6/h6-7H,1-4H2. The third-order valence-electron chi connectivity index (χ3n) is 1.98. The molecule has 1 atom stereocenters. The van der Waals surface area contributed by atoms with Gasteiger partial charge in [-0.15, -0.1) is 0 Å². The van der Waals surface area contributed by atoms with Crippen molar-refractivity contribution in [3.8, 4) is 0 Å². The number of nitrogens with zero attached hydrogens (tertiary/aromatic N) is 1. The van der Waals surface area contributed by atoms with Gasteiger partial charge in [-0.3, -0.25) is 4.99 Å². The highest BCUT2D eigenvalue weighted by Crippen LogP contribution is 2.37. The summed E-state index contributed by atoms with van der Waals surface area (Å²) in [4.78, 5) is 4.25. The summed E-state index contributed by atoms with van der Waals surface area (Å²) in [6.07, 6.45) is 8.27.